The molecule has 0 saturated heterocycles. The molecule has 1 heterocycles. The molecule has 4 heteroatoms. The number of rotatable bonds is 5. The van der Waals surface area contributed by atoms with Crippen LogP contribution in [0.15, 0.2) is 30.5 Å². The number of H-pyrrole nitrogens is 1. The molecular formula is C16H23N3O. The minimum absolute atomic E-state index is 0.137. The number of benzene rings is 1. The fraction of sp³-hybridized carbons (Fsp3) is 0.438. The van der Waals surface area contributed by atoms with E-state index in [1.807, 2.05) is 30.5 Å². The first-order valence-corrected chi connectivity index (χ1v) is 6.92. The summed E-state index contributed by atoms with van der Waals surface area (Å²) in [5, 5.41) is 3.46. The molecule has 1 aromatic carbocycles. The van der Waals surface area contributed by atoms with Crippen molar-refractivity contribution in [3.63, 3.8) is 0 Å². The van der Waals surface area contributed by atoms with Crippen LogP contribution in [0.1, 0.15) is 26.6 Å². The summed E-state index contributed by atoms with van der Waals surface area (Å²) < 4.78 is 5.37. The van der Waals surface area contributed by atoms with Gasteiger partial charge in [-0.05, 0) is 32.9 Å². The predicted octanol–water partition coefficient (Wildman–Crippen LogP) is 3.02. The van der Waals surface area contributed by atoms with E-state index >= 15 is 0 Å². The Labute approximate surface area is 120 Å². The summed E-state index contributed by atoms with van der Waals surface area (Å²) in [4.78, 5) is 7.80. The summed E-state index contributed by atoms with van der Waals surface area (Å²) in [7, 11) is 1.68. The summed E-state index contributed by atoms with van der Waals surface area (Å²) in [5.41, 5.74) is 2.17. The average Bonchev–Trinajstić information content (AvgIpc) is 2.86. The van der Waals surface area contributed by atoms with Gasteiger partial charge in [0.1, 0.15) is 11.6 Å². The zero-order valence-corrected chi connectivity index (χ0v) is 12.7. The number of hydrogen-bond acceptors (Lipinski definition) is 3. The van der Waals surface area contributed by atoms with E-state index in [1.165, 1.54) is 0 Å². The van der Waals surface area contributed by atoms with Crippen LogP contribution in [0.3, 0.4) is 0 Å². The Bertz CT molecular complexity index is 555. The summed E-state index contributed by atoms with van der Waals surface area (Å²) in [6, 6.07) is 7.95. The molecule has 2 aromatic rings. The molecule has 0 saturated carbocycles. The van der Waals surface area contributed by atoms with E-state index in [2.05, 4.69) is 36.1 Å². The first-order chi connectivity index (χ1) is 9.49. The van der Waals surface area contributed by atoms with Gasteiger partial charge < -0.3 is 15.0 Å². The van der Waals surface area contributed by atoms with Crippen molar-refractivity contribution in [1.82, 2.24) is 15.3 Å². The topological polar surface area (TPSA) is 49.9 Å². The maximum atomic E-state index is 5.37. The van der Waals surface area contributed by atoms with Gasteiger partial charge in [0.2, 0.25) is 0 Å². The van der Waals surface area contributed by atoms with E-state index in [0.717, 1.165) is 35.8 Å². The molecule has 4 nitrogen and oxygen atoms in total. The van der Waals surface area contributed by atoms with E-state index in [1.54, 1.807) is 7.11 Å². The van der Waals surface area contributed by atoms with Gasteiger partial charge in [-0.25, -0.2) is 4.98 Å². The fourth-order valence-electron chi connectivity index (χ4n) is 2.05. The number of imidazole rings is 1. The first-order valence-electron chi connectivity index (χ1n) is 6.92. The molecule has 1 aromatic heterocycles. The van der Waals surface area contributed by atoms with Gasteiger partial charge >= 0.3 is 0 Å². The molecule has 0 bridgehead atoms. The van der Waals surface area contributed by atoms with Crippen LogP contribution in [-0.4, -0.2) is 29.2 Å². The van der Waals surface area contributed by atoms with Gasteiger partial charge in [-0.3, -0.25) is 0 Å². The Morgan fingerprint density at radius 1 is 1.25 bits per heavy atom. The molecule has 0 fully saturated rings. The molecule has 0 amide bonds. The molecule has 0 atom stereocenters. The Morgan fingerprint density at radius 3 is 2.70 bits per heavy atom. The van der Waals surface area contributed by atoms with Crippen LogP contribution in [-0.2, 0) is 6.42 Å². The summed E-state index contributed by atoms with van der Waals surface area (Å²) in [5.74, 6) is 1.85. The zero-order valence-electron chi connectivity index (χ0n) is 12.7. The van der Waals surface area contributed by atoms with Crippen LogP contribution < -0.4 is 10.1 Å². The standard InChI is InChI=1S/C16H23N3O/c1-16(2,3)18-10-9-15-17-11-13(19-15)12-7-5-6-8-14(12)20-4/h5-8,11,18H,9-10H2,1-4H3,(H,17,19). The van der Waals surface area contributed by atoms with Gasteiger partial charge in [0.25, 0.3) is 0 Å². The summed E-state index contributed by atoms with van der Waals surface area (Å²) in [6.07, 6.45) is 2.75. The van der Waals surface area contributed by atoms with E-state index in [-0.39, 0.29) is 5.54 Å². The summed E-state index contributed by atoms with van der Waals surface area (Å²) >= 11 is 0. The van der Waals surface area contributed by atoms with Crippen molar-refractivity contribution < 1.29 is 4.74 Å². The maximum absolute atomic E-state index is 5.37. The Kier molecular flexibility index (Phi) is 4.45. The zero-order chi connectivity index (χ0) is 14.6. The van der Waals surface area contributed by atoms with Crippen LogP contribution in [0.4, 0.5) is 0 Å². The number of aromatic nitrogens is 2. The second kappa shape index (κ2) is 6.09. The van der Waals surface area contributed by atoms with Gasteiger partial charge in [0.15, 0.2) is 0 Å². The molecule has 0 aliphatic rings. The molecule has 0 aliphatic heterocycles. The Morgan fingerprint density at radius 2 is 2.00 bits per heavy atom. The van der Waals surface area contributed by atoms with Crippen LogP contribution in [0.5, 0.6) is 5.75 Å². The number of hydrogen-bond donors (Lipinski definition) is 2. The minimum atomic E-state index is 0.137. The predicted molar refractivity (Wildman–Crippen MR) is 82.0 cm³/mol. The molecule has 20 heavy (non-hydrogen) atoms. The van der Waals surface area contributed by atoms with E-state index < -0.39 is 0 Å². The monoisotopic (exact) mass is 273 g/mol. The van der Waals surface area contributed by atoms with Crippen LogP contribution in [0.25, 0.3) is 11.3 Å². The third-order valence-electron chi connectivity index (χ3n) is 3.04. The number of para-hydroxylation sites is 1. The highest BCUT2D eigenvalue weighted by Crippen LogP contribution is 2.27. The second-order valence-corrected chi connectivity index (χ2v) is 5.87. The quantitative estimate of drug-likeness (QED) is 0.880. The first kappa shape index (κ1) is 14.6. The molecule has 2 rings (SSSR count). The average molecular weight is 273 g/mol. The second-order valence-electron chi connectivity index (χ2n) is 5.87. The van der Waals surface area contributed by atoms with Gasteiger partial charge in [0.05, 0.1) is 19.0 Å². The third kappa shape index (κ3) is 3.84. The van der Waals surface area contributed by atoms with Gasteiger partial charge in [-0.15, -0.1) is 0 Å². The summed E-state index contributed by atoms with van der Waals surface area (Å²) in [6.45, 7) is 7.39. The van der Waals surface area contributed by atoms with E-state index in [0.29, 0.717) is 0 Å². The number of nitrogens with one attached hydrogen (secondary N) is 2. The minimum Gasteiger partial charge on any atom is -0.496 e. The van der Waals surface area contributed by atoms with Crippen LogP contribution in [0.2, 0.25) is 0 Å². The molecule has 0 radical (unpaired) electrons. The fourth-order valence-corrected chi connectivity index (χ4v) is 2.05. The van der Waals surface area contributed by atoms with Crippen molar-refractivity contribution in [2.75, 3.05) is 13.7 Å². The van der Waals surface area contributed by atoms with E-state index in [4.69, 9.17) is 4.74 Å². The Hall–Kier alpha value is -1.81. The molecule has 2 N–H and O–H groups in total. The lowest BCUT2D eigenvalue weighted by atomic mass is 10.1. The van der Waals surface area contributed by atoms with Crippen molar-refractivity contribution in [1.29, 1.82) is 0 Å². The van der Waals surface area contributed by atoms with Crippen LogP contribution in [0, 0.1) is 0 Å². The Balaban J connectivity index is 2.05. The van der Waals surface area contributed by atoms with Crippen LogP contribution >= 0.6 is 0 Å². The number of nitrogens with zero attached hydrogens (tertiary/aromatic N) is 1. The lowest BCUT2D eigenvalue weighted by molar-refractivity contribution is 0.416. The molecule has 108 valence electrons. The molecule has 0 unspecified atom stereocenters. The molecule has 0 aliphatic carbocycles. The third-order valence-corrected chi connectivity index (χ3v) is 3.04. The van der Waals surface area contributed by atoms with Gasteiger partial charge in [-0.1, -0.05) is 12.1 Å². The smallest absolute Gasteiger partial charge is 0.128 e. The molecular weight excluding hydrogens is 250 g/mol. The van der Waals surface area contributed by atoms with Gasteiger partial charge in [-0.2, -0.15) is 0 Å². The van der Waals surface area contributed by atoms with Crippen molar-refractivity contribution in [2.45, 2.75) is 32.7 Å². The van der Waals surface area contributed by atoms with Crippen molar-refractivity contribution in [3.05, 3.63) is 36.3 Å². The maximum Gasteiger partial charge on any atom is 0.128 e. The van der Waals surface area contributed by atoms with Gasteiger partial charge in [0, 0.05) is 24.1 Å². The number of ether oxygens (including phenoxy) is 1. The lowest BCUT2D eigenvalue weighted by Gasteiger charge is -2.19. The van der Waals surface area contributed by atoms with Crippen molar-refractivity contribution in [3.8, 4) is 17.0 Å². The highest BCUT2D eigenvalue weighted by Gasteiger charge is 2.10. The van der Waals surface area contributed by atoms with Crippen molar-refractivity contribution >= 4 is 0 Å². The molecule has 0 spiro atoms. The largest absolute Gasteiger partial charge is 0.496 e. The normalized spacial score (nSPS) is 11.6. The van der Waals surface area contributed by atoms with E-state index in [9.17, 15) is 0 Å². The highest BCUT2D eigenvalue weighted by molar-refractivity contribution is 5.66. The SMILES string of the molecule is COc1ccccc1-c1cnc(CCNC(C)(C)C)[nH]1. The lowest BCUT2D eigenvalue weighted by Crippen LogP contribution is -2.37. The number of aromatic amines is 1. The highest BCUT2D eigenvalue weighted by atomic mass is 16.5. The number of methoxy groups -OCH3 is 1. The van der Waals surface area contributed by atoms with Crippen molar-refractivity contribution in [2.24, 2.45) is 0 Å².